The second kappa shape index (κ2) is 10.1. The number of hydrogen-bond acceptors (Lipinski definition) is 0. The molecule has 5 aromatic rings. The summed E-state index contributed by atoms with van der Waals surface area (Å²) in [6.45, 7) is 0. The van der Waals surface area contributed by atoms with Crippen molar-refractivity contribution in [3.05, 3.63) is 157 Å². The molecule has 0 fully saturated rings. The van der Waals surface area contributed by atoms with Crippen LogP contribution in [0, 0.1) is 0 Å². The Morgan fingerprint density at radius 2 is 0.778 bits per heavy atom. The van der Waals surface area contributed by atoms with Crippen LogP contribution >= 0.6 is 0 Å². The molecular weight excluding hydrogens is 432 g/mol. The summed E-state index contributed by atoms with van der Waals surface area (Å²) in [4.78, 5) is 0. The molecule has 0 heterocycles. The number of rotatable bonds is 5. The molecule has 0 radical (unpaired) electrons. The molecule has 0 unspecified atom stereocenters. The summed E-state index contributed by atoms with van der Waals surface area (Å²) in [5.41, 5.74) is 12.8. The first kappa shape index (κ1) is 22.1. The van der Waals surface area contributed by atoms with Gasteiger partial charge in [-0.05, 0) is 86.7 Å². The highest BCUT2D eigenvalue weighted by Crippen LogP contribution is 2.34. The summed E-state index contributed by atoms with van der Waals surface area (Å²) >= 11 is 0. The van der Waals surface area contributed by atoms with E-state index in [0.717, 1.165) is 12.8 Å². The molecule has 36 heavy (non-hydrogen) atoms. The smallest absolute Gasteiger partial charge is 0.0178 e. The number of allylic oxidation sites excluding steroid dienone is 4. The van der Waals surface area contributed by atoms with Gasteiger partial charge in [-0.3, -0.25) is 0 Å². The maximum Gasteiger partial charge on any atom is -0.0178 e. The van der Waals surface area contributed by atoms with E-state index in [-0.39, 0.29) is 0 Å². The maximum atomic E-state index is 2.38. The molecule has 0 saturated carbocycles. The molecule has 0 bridgehead atoms. The van der Waals surface area contributed by atoms with E-state index in [1.165, 1.54) is 55.7 Å². The van der Waals surface area contributed by atoms with Crippen LogP contribution in [-0.2, 0) is 0 Å². The summed E-state index contributed by atoms with van der Waals surface area (Å²) in [6.07, 6.45) is 6.88. The van der Waals surface area contributed by atoms with Crippen molar-refractivity contribution in [1.82, 2.24) is 0 Å². The minimum Gasteiger partial charge on any atom is -0.0763 e. The fraction of sp³-hybridized carbons (Fsp3) is 0.0556. The van der Waals surface area contributed by atoms with Gasteiger partial charge in [-0.15, -0.1) is 0 Å². The Hall–Kier alpha value is -4.42. The SMILES string of the molecule is C1=C(c2cccc(-c3ccccc3)c2)C=C(c2cccc(-c3cccc(-c4ccccc4)c3)c2)CC1. The van der Waals surface area contributed by atoms with E-state index in [2.05, 4.69) is 146 Å². The largest absolute Gasteiger partial charge is 0.0763 e. The van der Waals surface area contributed by atoms with Crippen molar-refractivity contribution in [2.24, 2.45) is 0 Å². The highest BCUT2D eigenvalue weighted by atomic mass is 14.2. The van der Waals surface area contributed by atoms with Gasteiger partial charge >= 0.3 is 0 Å². The molecule has 5 aromatic carbocycles. The van der Waals surface area contributed by atoms with Crippen LogP contribution < -0.4 is 0 Å². The Morgan fingerprint density at radius 3 is 1.36 bits per heavy atom. The number of benzene rings is 5. The molecule has 0 atom stereocenters. The molecular formula is C36H28. The molecule has 0 heteroatoms. The Morgan fingerprint density at radius 1 is 0.361 bits per heavy atom. The van der Waals surface area contributed by atoms with Crippen molar-refractivity contribution >= 4 is 11.1 Å². The van der Waals surface area contributed by atoms with Crippen LogP contribution in [0.25, 0.3) is 44.5 Å². The Kier molecular flexibility index (Phi) is 6.17. The number of hydrogen-bond donors (Lipinski definition) is 0. The van der Waals surface area contributed by atoms with Gasteiger partial charge < -0.3 is 0 Å². The summed E-state index contributed by atoms with van der Waals surface area (Å²) in [6, 6.07) is 48.0. The topological polar surface area (TPSA) is 0 Å². The van der Waals surface area contributed by atoms with E-state index < -0.39 is 0 Å². The molecule has 1 aliphatic rings. The Labute approximate surface area is 213 Å². The lowest BCUT2D eigenvalue weighted by Gasteiger charge is -2.16. The van der Waals surface area contributed by atoms with E-state index in [0.29, 0.717) is 0 Å². The Bertz CT molecular complexity index is 1550. The highest BCUT2D eigenvalue weighted by Gasteiger charge is 2.11. The molecule has 172 valence electrons. The van der Waals surface area contributed by atoms with Gasteiger partial charge in [0.25, 0.3) is 0 Å². The molecule has 0 saturated heterocycles. The van der Waals surface area contributed by atoms with Gasteiger partial charge in [-0.1, -0.05) is 127 Å². The summed E-state index contributed by atoms with van der Waals surface area (Å²) in [7, 11) is 0. The molecule has 1 aliphatic carbocycles. The van der Waals surface area contributed by atoms with Gasteiger partial charge in [0.15, 0.2) is 0 Å². The lowest BCUT2D eigenvalue weighted by molar-refractivity contribution is 1.06. The van der Waals surface area contributed by atoms with Crippen LogP contribution in [0.2, 0.25) is 0 Å². The van der Waals surface area contributed by atoms with Gasteiger partial charge in [0.1, 0.15) is 0 Å². The zero-order valence-corrected chi connectivity index (χ0v) is 20.3. The highest BCUT2D eigenvalue weighted by molar-refractivity contribution is 5.88. The van der Waals surface area contributed by atoms with Crippen LogP contribution in [0.15, 0.2) is 146 Å². The van der Waals surface area contributed by atoms with Gasteiger partial charge in [-0.25, -0.2) is 0 Å². The summed E-state index contributed by atoms with van der Waals surface area (Å²) in [5, 5.41) is 0. The van der Waals surface area contributed by atoms with E-state index >= 15 is 0 Å². The fourth-order valence-corrected chi connectivity index (χ4v) is 5.05. The van der Waals surface area contributed by atoms with Crippen molar-refractivity contribution in [3.8, 4) is 33.4 Å². The Balaban J connectivity index is 1.31. The van der Waals surface area contributed by atoms with E-state index in [1.54, 1.807) is 0 Å². The minimum absolute atomic E-state index is 1.06. The zero-order chi connectivity index (χ0) is 24.2. The lowest BCUT2D eigenvalue weighted by atomic mass is 9.88. The van der Waals surface area contributed by atoms with Gasteiger partial charge in [0, 0.05) is 0 Å². The fourth-order valence-electron chi connectivity index (χ4n) is 5.05. The first-order chi connectivity index (χ1) is 17.8. The molecule has 0 aromatic heterocycles. The third kappa shape index (κ3) is 4.72. The average Bonchev–Trinajstić information content (AvgIpc) is 2.98. The molecule has 0 aliphatic heterocycles. The van der Waals surface area contributed by atoms with Crippen LogP contribution in [0.4, 0.5) is 0 Å². The third-order valence-corrected chi connectivity index (χ3v) is 6.95. The molecule has 0 N–H and O–H groups in total. The second-order valence-electron chi connectivity index (χ2n) is 9.34. The van der Waals surface area contributed by atoms with Crippen LogP contribution in [-0.4, -0.2) is 0 Å². The average molecular weight is 461 g/mol. The van der Waals surface area contributed by atoms with Gasteiger partial charge in [0.05, 0.1) is 0 Å². The van der Waals surface area contributed by atoms with E-state index in [4.69, 9.17) is 0 Å². The van der Waals surface area contributed by atoms with Crippen LogP contribution in [0.5, 0.6) is 0 Å². The van der Waals surface area contributed by atoms with Crippen molar-refractivity contribution in [2.75, 3.05) is 0 Å². The summed E-state index contributed by atoms with van der Waals surface area (Å²) < 4.78 is 0. The predicted octanol–water partition coefficient (Wildman–Crippen LogP) is 9.95. The van der Waals surface area contributed by atoms with Gasteiger partial charge in [0.2, 0.25) is 0 Å². The second-order valence-corrected chi connectivity index (χ2v) is 9.34. The first-order valence-corrected chi connectivity index (χ1v) is 12.7. The van der Waals surface area contributed by atoms with Crippen molar-refractivity contribution in [3.63, 3.8) is 0 Å². The zero-order valence-electron chi connectivity index (χ0n) is 20.3. The maximum absolute atomic E-state index is 2.38. The molecule has 6 rings (SSSR count). The van der Waals surface area contributed by atoms with Crippen molar-refractivity contribution in [2.45, 2.75) is 12.8 Å². The quantitative estimate of drug-likeness (QED) is 0.245. The normalized spacial score (nSPS) is 13.1. The van der Waals surface area contributed by atoms with Gasteiger partial charge in [-0.2, -0.15) is 0 Å². The summed E-state index contributed by atoms with van der Waals surface area (Å²) in [5.74, 6) is 0. The molecule has 0 amide bonds. The molecule has 0 spiro atoms. The van der Waals surface area contributed by atoms with Crippen LogP contribution in [0.1, 0.15) is 24.0 Å². The predicted molar refractivity (Wildman–Crippen MR) is 154 cm³/mol. The van der Waals surface area contributed by atoms with Crippen molar-refractivity contribution in [1.29, 1.82) is 0 Å². The van der Waals surface area contributed by atoms with E-state index in [1.807, 2.05) is 0 Å². The molecule has 0 nitrogen and oxygen atoms in total. The van der Waals surface area contributed by atoms with E-state index in [9.17, 15) is 0 Å². The third-order valence-electron chi connectivity index (χ3n) is 6.95. The first-order valence-electron chi connectivity index (χ1n) is 12.7. The standard InChI is InChI=1S/C36H28/c1-3-11-27(12-4-1)29-15-7-17-31(23-29)33-19-9-21-35(25-33)36-22-10-20-34(26-36)32-18-8-16-30(24-32)28-13-5-2-6-14-28/h1-9,11-21,23-26H,10,22H2. The monoisotopic (exact) mass is 460 g/mol. The van der Waals surface area contributed by atoms with Crippen LogP contribution in [0.3, 0.4) is 0 Å². The van der Waals surface area contributed by atoms with Crippen molar-refractivity contribution < 1.29 is 0 Å². The lowest BCUT2D eigenvalue weighted by Crippen LogP contribution is -1.94. The minimum atomic E-state index is 1.06.